The van der Waals surface area contributed by atoms with Crippen LogP contribution in [0.2, 0.25) is 0 Å². The van der Waals surface area contributed by atoms with Gasteiger partial charge >= 0.3 is 5.97 Å². The molecule has 5 unspecified atom stereocenters. The predicted molar refractivity (Wildman–Crippen MR) is 81.7 cm³/mol. The maximum atomic E-state index is 11.6. The van der Waals surface area contributed by atoms with Crippen molar-refractivity contribution in [1.29, 1.82) is 0 Å². The molecule has 0 saturated heterocycles. The fraction of sp³-hybridized carbons (Fsp3) is 0.941. The van der Waals surface area contributed by atoms with Crippen molar-refractivity contribution in [2.24, 2.45) is 17.8 Å². The number of carboxylic acid groups (broad SMARTS) is 1. The first-order valence-electron chi connectivity index (χ1n) is 8.49. The van der Waals surface area contributed by atoms with Gasteiger partial charge in [0.05, 0.1) is 5.92 Å². The van der Waals surface area contributed by atoms with Gasteiger partial charge < -0.3 is 5.11 Å². The van der Waals surface area contributed by atoms with Gasteiger partial charge in [-0.15, -0.1) is 0 Å². The molecule has 0 aromatic carbocycles. The Balaban J connectivity index is 2.09. The molecule has 0 aromatic rings. The number of nitrogens with zero attached hydrogens (tertiary/aromatic N) is 1. The third-order valence-electron chi connectivity index (χ3n) is 5.93. The molecule has 0 amide bonds. The maximum Gasteiger partial charge on any atom is 0.308 e. The standard InChI is InChI=1S/C17H31NO2/c1-4-13-9-10-14(17(19)20)16(11-13)18(3)15-8-6-5-7-12(15)2/h12-16H,4-11H2,1-3H3,(H,19,20). The highest BCUT2D eigenvalue weighted by Crippen LogP contribution is 2.37. The summed E-state index contributed by atoms with van der Waals surface area (Å²) in [7, 11) is 2.19. The highest BCUT2D eigenvalue weighted by molar-refractivity contribution is 5.71. The summed E-state index contributed by atoms with van der Waals surface area (Å²) in [5, 5.41) is 9.55. The molecule has 0 radical (unpaired) electrons. The Bertz CT molecular complexity index is 331. The molecule has 0 spiro atoms. The lowest BCUT2D eigenvalue weighted by molar-refractivity contribution is -0.147. The fourth-order valence-corrected chi connectivity index (χ4v) is 4.49. The van der Waals surface area contributed by atoms with E-state index in [-0.39, 0.29) is 12.0 Å². The van der Waals surface area contributed by atoms with E-state index in [1.54, 1.807) is 0 Å². The second-order valence-corrected chi connectivity index (χ2v) is 7.09. The Labute approximate surface area is 123 Å². The second-order valence-electron chi connectivity index (χ2n) is 7.09. The van der Waals surface area contributed by atoms with Crippen LogP contribution in [0.15, 0.2) is 0 Å². The summed E-state index contributed by atoms with van der Waals surface area (Å²) < 4.78 is 0. The van der Waals surface area contributed by atoms with E-state index >= 15 is 0 Å². The van der Waals surface area contributed by atoms with E-state index in [1.807, 2.05) is 0 Å². The average Bonchev–Trinajstić information content (AvgIpc) is 2.46. The Hall–Kier alpha value is -0.570. The largest absolute Gasteiger partial charge is 0.481 e. The number of aliphatic carboxylic acids is 1. The minimum Gasteiger partial charge on any atom is -0.481 e. The van der Waals surface area contributed by atoms with E-state index in [0.717, 1.165) is 25.2 Å². The van der Waals surface area contributed by atoms with Gasteiger partial charge in [-0.2, -0.15) is 0 Å². The molecular formula is C17H31NO2. The summed E-state index contributed by atoms with van der Waals surface area (Å²) in [5.41, 5.74) is 0. The minimum atomic E-state index is -0.583. The molecule has 116 valence electrons. The Morgan fingerprint density at radius 1 is 1.15 bits per heavy atom. The van der Waals surface area contributed by atoms with Crippen molar-refractivity contribution in [3.63, 3.8) is 0 Å². The van der Waals surface area contributed by atoms with Crippen LogP contribution in [-0.4, -0.2) is 35.1 Å². The molecule has 0 bridgehead atoms. The van der Waals surface area contributed by atoms with Crippen LogP contribution in [0.3, 0.4) is 0 Å². The monoisotopic (exact) mass is 281 g/mol. The molecule has 2 aliphatic carbocycles. The van der Waals surface area contributed by atoms with Crippen LogP contribution in [0, 0.1) is 17.8 Å². The summed E-state index contributed by atoms with van der Waals surface area (Å²) >= 11 is 0. The van der Waals surface area contributed by atoms with Crippen molar-refractivity contribution in [3.05, 3.63) is 0 Å². The predicted octanol–water partition coefficient (Wildman–Crippen LogP) is 3.78. The van der Waals surface area contributed by atoms with Crippen LogP contribution >= 0.6 is 0 Å². The molecule has 5 atom stereocenters. The number of carboxylic acids is 1. The number of carbonyl (C=O) groups is 1. The molecular weight excluding hydrogens is 250 g/mol. The first kappa shape index (κ1) is 15.8. The van der Waals surface area contributed by atoms with E-state index in [4.69, 9.17) is 0 Å². The van der Waals surface area contributed by atoms with Crippen molar-refractivity contribution >= 4 is 5.97 Å². The molecule has 0 heterocycles. The normalized spacial score (nSPS) is 38.9. The molecule has 0 aliphatic heterocycles. The van der Waals surface area contributed by atoms with E-state index in [1.165, 1.54) is 32.1 Å². The van der Waals surface area contributed by atoms with Crippen LogP contribution in [0.25, 0.3) is 0 Å². The van der Waals surface area contributed by atoms with Gasteiger partial charge in [0.2, 0.25) is 0 Å². The first-order valence-corrected chi connectivity index (χ1v) is 8.49. The van der Waals surface area contributed by atoms with Crippen LogP contribution in [0.5, 0.6) is 0 Å². The second kappa shape index (κ2) is 6.93. The summed E-state index contributed by atoms with van der Waals surface area (Å²) in [5.74, 6) is 0.693. The summed E-state index contributed by atoms with van der Waals surface area (Å²) in [4.78, 5) is 14.1. The zero-order valence-corrected chi connectivity index (χ0v) is 13.3. The third kappa shape index (κ3) is 3.36. The van der Waals surface area contributed by atoms with Gasteiger partial charge in [-0.25, -0.2) is 0 Å². The third-order valence-corrected chi connectivity index (χ3v) is 5.93. The van der Waals surface area contributed by atoms with Crippen LogP contribution in [0.4, 0.5) is 0 Å². The molecule has 2 aliphatic rings. The van der Waals surface area contributed by atoms with Crippen LogP contribution in [-0.2, 0) is 4.79 Å². The highest BCUT2D eigenvalue weighted by atomic mass is 16.4. The van der Waals surface area contributed by atoms with Gasteiger partial charge in [0.15, 0.2) is 0 Å². The summed E-state index contributed by atoms with van der Waals surface area (Å²) in [6.45, 7) is 4.59. The van der Waals surface area contributed by atoms with Gasteiger partial charge in [-0.05, 0) is 51.0 Å². The zero-order chi connectivity index (χ0) is 14.7. The van der Waals surface area contributed by atoms with Gasteiger partial charge in [0, 0.05) is 12.1 Å². The zero-order valence-electron chi connectivity index (χ0n) is 13.3. The van der Waals surface area contributed by atoms with E-state index < -0.39 is 5.97 Å². The van der Waals surface area contributed by atoms with E-state index in [0.29, 0.717) is 12.0 Å². The van der Waals surface area contributed by atoms with Crippen LogP contribution in [0.1, 0.15) is 65.2 Å². The Kier molecular flexibility index (Phi) is 5.48. The average molecular weight is 281 g/mol. The summed E-state index contributed by atoms with van der Waals surface area (Å²) in [6.07, 6.45) is 9.43. The highest BCUT2D eigenvalue weighted by Gasteiger charge is 2.40. The van der Waals surface area contributed by atoms with Gasteiger partial charge in [-0.1, -0.05) is 33.1 Å². The molecule has 3 nitrogen and oxygen atoms in total. The van der Waals surface area contributed by atoms with Crippen molar-refractivity contribution in [1.82, 2.24) is 4.90 Å². The molecule has 2 fully saturated rings. The lowest BCUT2D eigenvalue weighted by Gasteiger charge is -2.46. The maximum absolute atomic E-state index is 11.6. The fourth-order valence-electron chi connectivity index (χ4n) is 4.49. The van der Waals surface area contributed by atoms with Crippen molar-refractivity contribution in [2.45, 2.75) is 77.3 Å². The molecule has 3 heteroatoms. The number of hydrogen-bond donors (Lipinski definition) is 1. The minimum absolute atomic E-state index is 0.156. The molecule has 20 heavy (non-hydrogen) atoms. The lowest BCUT2D eigenvalue weighted by atomic mass is 9.75. The molecule has 1 N–H and O–H groups in total. The Morgan fingerprint density at radius 3 is 2.45 bits per heavy atom. The van der Waals surface area contributed by atoms with Gasteiger partial charge in [0.25, 0.3) is 0 Å². The Morgan fingerprint density at radius 2 is 1.85 bits per heavy atom. The van der Waals surface area contributed by atoms with Crippen molar-refractivity contribution < 1.29 is 9.90 Å². The van der Waals surface area contributed by atoms with E-state index in [9.17, 15) is 9.90 Å². The first-order chi connectivity index (χ1) is 9.54. The summed E-state index contributed by atoms with van der Waals surface area (Å²) in [6, 6.07) is 0.836. The van der Waals surface area contributed by atoms with E-state index in [2.05, 4.69) is 25.8 Å². The van der Waals surface area contributed by atoms with Gasteiger partial charge in [0.1, 0.15) is 0 Å². The van der Waals surface area contributed by atoms with Crippen molar-refractivity contribution in [3.8, 4) is 0 Å². The van der Waals surface area contributed by atoms with Gasteiger partial charge in [-0.3, -0.25) is 9.69 Å². The number of rotatable bonds is 4. The topological polar surface area (TPSA) is 40.5 Å². The molecule has 2 saturated carbocycles. The lowest BCUT2D eigenvalue weighted by Crippen LogP contribution is -2.52. The SMILES string of the molecule is CCC1CCC(C(=O)O)C(N(C)C2CCCCC2C)C1. The molecule has 0 aromatic heterocycles. The number of hydrogen-bond acceptors (Lipinski definition) is 2. The van der Waals surface area contributed by atoms with Crippen molar-refractivity contribution in [2.75, 3.05) is 7.05 Å². The molecule has 2 rings (SSSR count). The smallest absolute Gasteiger partial charge is 0.308 e. The van der Waals surface area contributed by atoms with Crippen LogP contribution < -0.4 is 0 Å². The quantitative estimate of drug-likeness (QED) is 0.852.